The van der Waals surface area contributed by atoms with Crippen LogP contribution in [-0.4, -0.2) is 13.1 Å². The number of hydrogen-bond acceptors (Lipinski definition) is 3. The Bertz CT molecular complexity index is 601. The highest BCUT2D eigenvalue weighted by Crippen LogP contribution is 2.27. The molecule has 108 valence electrons. The normalized spacial score (nSPS) is 11.7. The van der Waals surface area contributed by atoms with Crippen LogP contribution in [0.4, 0.5) is 5.69 Å². The molecule has 0 fully saturated rings. The fourth-order valence-corrected chi connectivity index (χ4v) is 2.58. The van der Waals surface area contributed by atoms with Gasteiger partial charge in [-0.05, 0) is 24.6 Å². The molecule has 0 radical (unpaired) electrons. The van der Waals surface area contributed by atoms with Gasteiger partial charge in [0.05, 0.1) is 18.5 Å². The highest BCUT2D eigenvalue weighted by molar-refractivity contribution is 5.49. The lowest BCUT2D eigenvalue weighted by Gasteiger charge is -2.33. The maximum atomic E-state index is 8.92. The molecule has 3 heteroatoms. The van der Waals surface area contributed by atoms with Crippen LogP contribution in [0.5, 0.6) is 0 Å². The fourth-order valence-electron chi connectivity index (χ4n) is 2.58. The van der Waals surface area contributed by atoms with Crippen LogP contribution < -0.4 is 10.6 Å². The summed E-state index contributed by atoms with van der Waals surface area (Å²) in [5.41, 5.74) is 9.56. The molecule has 0 amide bonds. The fraction of sp³-hybridized carbons (Fsp3) is 0.278. The summed E-state index contributed by atoms with van der Waals surface area (Å²) in [7, 11) is 0. The molecule has 1 unspecified atom stereocenters. The van der Waals surface area contributed by atoms with E-state index < -0.39 is 0 Å². The third kappa shape index (κ3) is 3.84. The first-order valence-electron chi connectivity index (χ1n) is 7.21. The molecule has 0 heterocycles. The molecule has 0 aliphatic heterocycles. The lowest BCUT2D eigenvalue weighted by molar-refractivity contribution is 0.631. The van der Waals surface area contributed by atoms with Crippen LogP contribution in [-0.2, 0) is 0 Å². The summed E-state index contributed by atoms with van der Waals surface area (Å²) in [5, 5.41) is 8.92. The maximum absolute atomic E-state index is 8.92. The first kappa shape index (κ1) is 15.1. The van der Waals surface area contributed by atoms with Crippen molar-refractivity contribution in [3.8, 4) is 6.07 Å². The largest absolute Gasteiger partial charge is 0.362 e. The van der Waals surface area contributed by atoms with Crippen molar-refractivity contribution in [3.05, 3.63) is 65.7 Å². The molecule has 2 aromatic rings. The van der Waals surface area contributed by atoms with E-state index in [-0.39, 0.29) is 6.04 Å². The zero-order valence-electron chi connectivity index (χ0n) is 12.4. The van der Waals surface area contributed by atoms with Gasteiger partial charge in [-0.25, -0.2) is 0 Å². The van der Waals surface area contributed by atoms with E-state index in [9.17, 15) is 0 Å². The van der Waals surface area contributed by atoms with Crippen molar-refractivity contribution in [1.82, 2.24) is 0 Å². The smallest absolute Gasteiger partial charge is 0.0665 e. The van der Waals surface area contributed by atoms with Crippen LogP contribution in [0.15, 0.2) is 54.6 Å². The van der Waals surface area contributed by atoms with E-state index in [4.69, 9.17) is 11.0 Å². The summed E-state index contributed by atoms with van der Waals surface area (Å²) >= 11 is 0. The van der Waals surface area contributed by atoms with Crippen LogP contribution in [0, 0.1) is 18.3 Å². The molecule has 0 bridgehead atoms. The van der Waals surface area contributed by atoms with Crippen molar-refractivity contribution in [2.24, 2.45) is 5.73 Å². The maximum Gasteiger partial charge on any atom is 0.0665 e. The van der Waals surface area contributed by atoms with E-state index in [1.807, 2.05) is 18.2 Å². The van der Waals surface area contributed by atoms with Crippen LogP contribution in [0.3, 0.4) is 0 Å². The summed E-state index contributed by atoms with van der Waals surface area (Å²) in [6.07, 6.45) is 0.483. The lowest BCUT2D eigenvalue weighted by Crippen LogP contribution is -2.34. The van der Waals surface area contributed by atoms with Crippen molar-refractivity contribution in [3.63, 3.8) is 0 Å². The minimum absolute atomic E-state index is 0.0839. The van der Waals surface area contributed by atoms with Gasteiger partial charge in [-0.15, -0.1) is 0 Å². The summed E-state index contributed by atoms with van der Waals surface area (Å²) in [5.74, 6) is 0. The molecule has 21 heavy (non-hydrogen) atoms. The van der Waals surface area contributed by atoms with Crippen LogP contribution in [0.25, 0.3) is 0 Å². The lowest BCUT2D eigenvalue weighted by atomic mass is 10.0. The predicted octanol–water partition coefficient (Wildman–Crippen LogP) is 3.42. The number of nitrogens with two attached hydrogens (primary N) is 1. The Morgan fingerprint density at radius 1 is 1.14 bits per heavy atom. The molecule has 2 aromatic carbocycles. The second-order valence-corrected chi connectivity index (χ2v) is 5.10. The second-order valence-electron chi connectivity index (χ2n) is 5.10. The number of nitrogens with zero attached hydrogens (tertiary/aromatic N) is 2. The molecule has 1 atom stereocenters. The van der Waals surface area contributed by atoms with Gasteiger partial charge in [0.15, 0.2) is 0 Å². The van der Waals surface area contributed by atoms with E-state index >= 15 is 0 Å². The number of benzene rings is 2. The topological polar surface area (TPSA) is 53.0 Å². The van der Waals surface area contributed by atoms with E-state index in [1.54, 1.807) is 0 Å². The Kier molecular flexibility index (Phi) is 5.36. The second kappa shape index (κ2) is 7.47. The number of rotatable bonds is 6. The monoisotopic (exact) mass is 279 g/mol. The number of anilines is 1. The quantitative estimate of drug-likeness (QED) is 0.881. The van der Waals surface area contributed by atoms with E-state index in [0.717, 1.165) is 5.69 Å². The van der Waals surface area contributed by atoms with Crippen molar-refractivity contribution in [1.29, 1.82) is 5.26 Å². The third-order valence-electron chi connectivity index (χ3n) is 3.58. The van der Waals surface area contributed by atoms with Gasteiger partial charge in [0.25, 0.3) is 0 Å². The highest BCUT2D eigenvalue weighted by atomic mass is 15.2. The number of nitriles is 1. The summed E-state index contributed by atoms with van der Waals surface area (Å²) in [6.45, 7) is 3.28. The van der Waals surface area contributed by atoms with Crippen LogP contribution in [0.2, 0.25) is 0 Å². The van der Waals surface area contributed by atoms with Gasteiger partial charge in [0, 0.05) is 18.8 Å². The van der Waals surface area contributed by atoms with Gasteiger partial charge in [0.1, 0.15) is 0 Å². The molecule has 0 saturated heterocycles. The summed E-state index contributed by atoms with van der Waals surface area (Å²) in [4.78, 5) is 2.22. The molecular weight excluding hydrogens is 258 g/mol. The van der Waals surface area contributed by atoms with Crippen LogP contribution in [0.1, 0.15) is 23.6 Å². The van der Waals surface area contributed by atoms with Gasteiger partial charge < -0.3 is 10.6 Å². The number of para-hydroxylation sites is 1. The van der Waals surface area contributed by atoms with Gasteiger partial charge in [-0.3, -0.25) is 0 Å². The Balaban J connectivity index is 2.35. The first-order chi connectivity index (χ1) is 10.3. The Labute approximate surface area is 126 Å². The van der Waals surface area contributed by atoms with E-state index in [2.05, 4.69) is 54.3 Å². The van der Waals surface area contributed by atoms with Crippen molar-refractivity contribution in [2.75, 3.05) is 18.0 Å². The molecule has 0 aromatic heterocycles. The molecule has 0 spiro atoms. The zero-order chi connectivity index (χ0) is 15.1. The van der Waals surface area contributed by atoms with Gasteiger partial charge in [0.2, 0.25) is 0 Å². The molecule has 2 rings (SSSR count). The third-order valence-corrected chi connectivity index (χ3v) is 3.58. The highest BCUT2D eigenvalue weighted by Gasteiger charge is 2.19. The Morgan fingerprint density at radius 3 is 2.52 bits per heavy atom. The minimum atomic E-state index is 0.0839. The SMILES string of the molecule is Cc1cccc(C(CN)N(CCC#N)c2ccccc2)c1. The van der Waals surface area contributed by atoms with E-state index in [1.165, 1.54) is 11.1 Å². The minimum Gasteiger partial charge on any atom is -0.362 e. The van der Waals surface area contributed by atoms with E-state index in [0.29, 0.717) is 19.5 Å². The molecule has 0 saturated carbocycles. The Morgan fingerprint density at radius 2 is 1.90 bits per heavy atom. The summed E-state index contributed by atoms with van der Waals surface area (Å²) in [6, 6.07) is 20.9. The van der Waals surface area contributed by atoms with Crippen molar-refractivity contribution >= 4 is 5.69 Å². The van der Waals surface area contributed by atoms with Crippen LogP contribution >= 0.6 is 0 Å². The molecule has 2 N–H and O–H groups in total. The molecular formula is C18H21N3. The predicted molar refractivity (Wildman–Crippen MR) is 87.0 cm³/mol. The standard InChI is InChI=1S/C18H21N3/c1-15-7-5-8-16(13-15)18(14-20)21(12-6-11-19)17-9-3-2-4-10-17/h2-5,7-10,13,18H,6,12,14,20H2,1H3. The zero-order valence-corrected chi connectivity index (χ0v) is 12.4. The summed E-state index contributed by atoms with van der Waals surface area (Å²) < 4.78 is 0. The van der Waals surface area contributed by atoms with Crippen molar-refractivity contribution in [2.45, 2.75) is 19.4 Å². The number of hydrogen-bond donors (Lipinski definition) is 1. The first-order valence-corrected chi connectivity index (χ1v) is 7.21. The number of aryl methyl sites for hydroxylation is 1. The van der Waals surface area contributed by atoms with Gasteiger partial charge >= 0.3 is 0 Å². The molecule has 0 aliphatic carbocycles. The Hall–Kier alpha value is -2.31. The molecule has 3 nitrogen and oxygen atoms in total. The van der Waals surface area contributed by atoms with Crippen molar-refractivity contribution < 1.29 is 0 Å². The average Bonchev–Trinajstić information content (AvgIpc) is 2.52. The van der Waals surface area contributed by atoms with Gasteiger partial charge in [-0.1, -0.05) is 48.0 Å². The molecule has 0 aliphatic rings. The average molecular weight is 279 g/mol. The van der Waals surface area contributed by atoms with Gasteiger partial charge in [-0.2, -0.15) is 5.26 Å².